The molecular formula is C9H8F4O2. The SMILES string of the molecule is COc1cccc(OC(F)(F)C(F)F)c1. The summed E-state index contributed by atoms with van der Waals surface area (Å²) in [6, 6.07) is 5.07. The van der Waals surface area contributed by atoms with Gasteiger partial charge in [0.25, 0.3) is 0 Å². The van der Waals surface area contributed by atoms with E-state index in [1.54, 1.807) is 0 Å². The summed E-state index contributed by atoms with van der Waals surface area (Å²) in [7, 11) is 1.32. The Bertz CT molecular complexity index is 328. The number of methoxy groups -OCH3 is 1. The first-order valence-electron chi connectivity index (χ1n) is 3.95. The van der Waals surface area contributed by atoms with Crippen LogP contribution in [0.5, 0.6) is 11.5 Å². The molecule has 0 unspecified atom stereocenters. The minimum absolute atomic E-state index is 0.248. The standard InChI is InChI=1S/C9H8F4O2/c1-14-6-3-2-4-7(5-6)15-9(12,13)8(10)11/h2-5,8H,1H3. The third-order valence-electron chi connectivity index (χ3n) is 1.55. The Labute approximate surface area is 83.4 Å². The highest BCUT2D eigenvalue weighted by atomic mass is 19.3. The number of hydrogen-bond donors (Lipinski definition) is 0. The average molecular weight is 224 g/mol. The van der Waals surface area contributed by atoms with E-state index in [9.17, 15) is 17.6 Å². The van der Waals surface area contributed by atoms with Gasteiger partial charge in [-0.3, -0.25) is 0 Å². The summed E-state index contributed by atoms with van der Waals surface area (Å²) in [4.78, 5) is 0. The van der Waals surface area contributed by atoms with E-state index < -0.39 is 12.5 Å². The molecular weight excluding hydrogens is 216 g/mol. The number of alkyl halides is 4. The van der Waals surface area contributed by atoms with Gasteiger partial charge in [-0.05, 0) is 12.1 Å². The van der Waals surface area contributed by atoms with Gasteiger partial charge in [-0.2, -0.15) is 17.6 Å². The topological polar surface area (TPSA) is 18.5 Å². The van der Waals surface area contributed by atoms with Gasteiger partial charge in [0, 0.05) is 6.07 Å². The van der Waals surface area contributed by atoms with Crippen molar-refractivity contribution < 1.29 is 27.0 Å². The van der Waals surface area contributed by atoms with Gasteiger partial charge >= 0.3 is 12.5 Å². The fraction of sp³-hybridized carbons (Fsp3) is 0.333. The van der Waals surface area contributed by atoms with Crippen LogP contribution in [0.1, 0.15) is 0 Å². The van der Waals surface area contributed by atoms with Crippen molar-refractivity contribution in [3.05, 3.63) is 24.3 Å². The molecule has 84 valence electrons. The third-order valence-corrected chi connectivity index (χ3v) is 1.55. The molecule has 0 spiro atoms. The van der Waals surface area contributed by atoms with E-state index in [4.69, 9.17) is 4.74 Å². The first kappa shape index (κ1) is 11.6. The van der Waals surface area contributed by atoms with Gasteiger partial charge in [0.1, 0.15) is 11.5 Å². The number of rotatable bonds is 4. The largest absolute Gasteiger partial charge is 0.497 e. The summed E-state index contributed by atoms with van der Waals surface area (Å²) in [6.07, 6.45) is -8.37. The number of ether oxygens (including phenoxy) is 2. The normalized spacial score (nSPS) is 11.6. The molecule has 15 heavy (non-hydrogen) atoms. The van der Waals surface area contributed by atoms with Gasteiger partial charge in [0.2, 0.25) is 0 Å². The van der Waals surface area contributed by atoms with Crippen LogP contribution in [0, 0.1) is 0 Å². The van der Waals surface area contributed by atoms with Crippen LogP contribution in [0.3, 0.4) is 0 Å². The second kappa shape index (κ2) is 4.37. The molecule has 0 amide bonds. The van der Waals surface area contributed by atoms with Crippen molar-refractivity contribution in [2.75, 3.05) is 7.11 Å². The second-order valence-electron chi connectivity index (χ2n) is 2.64. The fourth-order valence-electron chi connectivity index (χ4n) is 0.866. The zero-order chi connectivity index (χ0) is 11.5. The summed E-state index contributed by atoms with van der Waals surface area (Å²) in [5.74, 6) is -0.128. The summed E-state index contributed by atoms with van der Waals surface area (Å²) in [6.45, 7) is 0. The molecule has 1 aromatic carbocycles. The minimum atomic E-state index is -4.49. The molecule has 0 aliphatic heterocycles. The maximum Gasteiger partial charge on any atom is 0.461 e. The van der Waals surface area contributed by atoms with Gasteiger partial charge in [0.15, 0.2) is 0 Å². The molecule has 0 atom stereocenters. The van der Waals surface area contributed by atoms with Crippen molar-refractivity contribution in [2.24, 2.45) is 0 Å². The van der Waals surface area contributed by atoms with Crippen LogP contribution in [0.15, 0.2) is 24.3 Å². The van der Waals surface area contributed by atoms with Crippen molar-refractivity contribution in [3.8, 4) is 11.5 Å². The van der Waals surface area contributed by atoms with Crippen LogP contribution in [-0.4, -0.2) is 19.6 Å². The van der Waals surface area contributed by atoms with Gasteiger partial charge < -0.3 is 9.47 Å². The summed E-state index contributed by atoms with van der Waals surface area (Å²) in [5, 5.41) is 0. The summed E-state index contributed by atoms with van der Waals surface area (Å²) in [5.41, 5.74) is 0. The van der Waals surface area contributed by atoms with Crippen molar-refractivity contribution in [3.63, 3.8) is 0 Å². The number of hydrogen-bond acceptors (Lipinski definition) is 2. The van der Waals surface area contributed by atoms with E-state index in [1.807, 2.05) is 0 Å². The van der Waals surface area contributed by atoms with E-state index in [1.165, 1.54) is 19.2 Å². The molecule has 0 N–H and O–H groups in total. The van der Waals surface area contributed by atoms with Crippen LogP contribution in [0.4, 0.5) is 17.6 Å². The lowest BCUT2D eigenvalue weighted by atomic mass is 10.3. The van der Waals surface area contributed by atoms with Crippen LogP contribution in [0.25, 0.3) is 0 Å². The second-order valence-corrected chi connectivity index (χ2v) is 2.64. The molecule has 1 aromatic rings. The Balaban J connectivity index is 2.80. The van der Waals surface area contributed by atoms with Crippen LogP contribution in [0.2, 0.25) is 0 Å². The first-order valence-corrected chi connectivity index (χ1v) is 3.95. The molecule has 2 nitrogen and oxygen atoms in total. The quantitative estimate of drug-likeness (QED) is 0.732. The van der Waals surface area contributed by atoms with Crippen molar-refractivity contribution >= 4 is 0 Å². The Kier molecular flexibility index (Phi) is 3.39. The Morgan fingerprint density at radius 2 is 1.80 bits per heavy atom. The summed E-state index contributed by atoms with van der Waals surface area (Å²) >= 11 is 0. The van der Waals surface area contributed by atoms with Crippen LogP contribution in [-0.2, 0) is 0 Å². The predicted octanol–water partition coefficient (Wildman–Crippen LogP) is 2.93. The molecule has 6 heteroatoms. The van der Waals surface area contributed by atoms with E-state index in [-0.39, 0.29) is 11.5 Å². The molecule has 0 fully saturated rings. The van der Waals surface area contributed by atoms with E-state index in [2.05, 4.69) is 4.74 Å². The minimum Gasteiger partial charge on any atom is -0.497 e. The number of benzene rings is 1. The highest BCUT2D eigenvalue weighted by Gasteiger charge is 2.43. The maximum absolute atomic E-state index is 12.5. The van der Waals surface area contributed by atoms with Gasteiger partial charge in [-0.1, -0.05) is 6.07 Å². The van der Waals surface area contributed by atoms with Gasteiger partial charge in [0.05, 0.1) is 7.11 Å². The lowest BCUT2D eigenvalue weighted by Gasteiger charge is -2.16. The smallest absolute Gasteiger partial charge is 0.461 e. The molecule has 0 aliphatic carbocycles. The van der Waals surface area contributed by atoms with Gasteiger partial charge in [-0.25, -0.2) is 0 Å². The average Bonchev–Trinajstić information content (AvgIpc) is 2.17. The third kappa shape index (κ3) is 3.00. The molecule has 0 aliphatic rings. The molecule has 0 saturated heterocycles. The monoisotopic (exact) mass is 224 g/mol. The lowest BCUT2D eigenvalue weighted by Crippen LogP contribution is -2.33. The molecule has 0 heterocycles. The first-order chi connectivity index (χ1) is 6.95. The molecule has 0 aromatic heterocycles. The fourth-order valence-corrected chi connectivity index (χ4v) is 0.866. The predicted molar refractivity (Wildman–Crippen MR) is 44.6 cm³/mol. The highest BCUT2D eigenvalue weighted by Crippen LogP contribution is 2.29. The molecule has 0 saturated carbocycles. The summed E-state index contributed by atoms with van der Waals surface area (Å²) < 4.78 is 57.0. The Morgan fingerprint density at radius 1 is 1.20 bits per heavy atom. The Hall–Kier alpha value is -1.46. The zero-order valence-corrected chi connectivity index (χ0v) is 7.72. The molecule has 1 rings (SSSR count). The highest BCUT2D eigenvalue weighted by molar-refractivity contribution is 5.33. The van der Waals surface area contributed by atoms with Crippen LogP contribution >= 0.6 is 0 Å². The van der Waals surface area contributed by atoms with Crippen molar-refractivity contribution in [2.45, 2.75) is 12.5 Å². The van der Waals surface area contributed by atoms with Crippen molar-refractivity contribution in [1.29, 1.82) is 0 Å². The lowest BCUT2D eigenvalue weighted by molar-refractivity contribution is -0.253. The molecule has 0 bridgehead atoms. The Morgan fingerprint density at radius 3 is 2.33 bits per heavy atom. The van der Waals surface area contributed by atoms with E-state index in [0.29, 0.717) is 0 Å². The molecule has 0 radical (unpaired) electrons. The zero-order valence-electron chi connectivity index (χ0n) is 7.72. The van der Waals surface area contributed by atoms with E-state index >= 15 is 0 Å². The maximum atomic E-state index is 12.5. The van der Waals surface area contributed by atoms with E-state index in [0.717, 1.165) is 12.1 Å². The van der Waals surface area contributed by atoms with Gasteiger partial charge in [-0.15, -0.1) is 0 Å². The number of halogens is 4. The van der Waals surface area contributed by atoms with Crippen molar-refractivity contribution in [1.82, 2.24) is 0 Å². The van der Waals surface area contributed by atoms with Crippen LogP contribution < -0.4 is 9.47 Å².